The number of hydrogen-bond acceptors (Lipinski definition) is 3. The largest absolute Gasteiger partial charge is 0.309 e. The molecule has 6 aromatic carbocycles. The number of benzene rings is 6. The maximum absolute atomic E-state index is 5.07. The van der Waals surface area contributed by atoms with E-state index in [1.54, 1.807) is 0 Å². The van der Waals surface area contributed by atoms with E-state index in [0.717, 1.165) is 40.6 Å². The summed E-state index contributed by atoms with van der Waals surface area (Å²) in [5.74, 6) is 1.97. The Morgan fingerprint density at radius 2 is 1.11 bits per heavy atom. The van der Waals surface area contributed by atoms with Crippen molar-refractivity contribution >= 4 is 38.7 Å². The Labute approximate surface area is 261 Å². The van der Waals surface area contributed by atoms with Crippen molar-refractivity contribution in [3.05, 3.63) is 151 Å². The van der Waals surface area contributed by atoms with Crippen LogP contribution in [0.25, 0.3) is 78.5 Å². The number of allylic oxidation sites excluding steroid dienone is 1. The Morgan fingerprint density at radius 3 is 1.84 bits per heavy atom. The van der Waals surface area contributed by atoms with Gasteiger partial charge in [0.1, 0.15) is 0 Å². The van der Waals surface area contributed by atoms with Gasteiger partial charge in [0.2, 0.25) is 0 Å². The van der Waals surface area contributed by atoms with Crippen molar-refractivity contribution in [3.63, 3.8) is 0 Å². The molecule has 0 N–H and O–H groups in total. The molecule has 4 heteroatoms. The predicted molar refractivity (Wildman–Crippen MR) is 185 cm³/mol. The van der Waals surface area contributed by atoms with Crippen LogP contribution in [-0.4, -0.2) is 19.5 Å². The molecule has 8 aromatic rings. The van der Waals surface area contributed by atoms with Crippen LogP contribution in [0.5, 0.6) is 0 Å². The monoisotopic (exact) mass is 576 g/mol. The topological polar surface area (TPSA) is 43.6 Å². The van der Waals surface area contributed by atoms with Gasteiger partial charge in [0.25, 0.3) is 0 Å². The quantitative estimate of drug-likeness (QED) is 0.209. The Hall–Kier alpha value is -5.87. The van der Waals surface area contributed by atoms with Crippen LogP contribution in [0.15, 0.2) is 140 Å². The van der Waals surface area contributed by atoms with E-state index in [4.69, 9.17) is 15.0 Å². The molecule has 0 spiro atoms. The fourth-order valence-corrected chi connectivity index (χ4v) is 6.70. The number of fused-ring (bicyclic) bond motifs is 5. The van der Waals surface area contributed by atoms with Crippen molar-refractivity contribution in [2.75, 3.05) is 0 Å². The second-order valence-corrected chi connectivity index (χ2v) is 11.6. The Bertz CT molecular complexity index is 2360. The lowest BCUT2D eigenvalue weighted by atomic mass is 9.95. The van der Waals surface area contributed by atoms with Gasteiger partial charge in [0.15, 0.2) is 17.5 Å². The van der Waals surface area contributed by atoms with Gasteiger partial charge in [-0.3, -0.25) is 0 Å². The van der Waals surface area contributed by atoms with Crippen LogP contribution in [-0.2, 0) is 6.42 Å². The summed E-state index contributed by atoms with van der Waals surface area (Å²) in [7, 11) is 0. The molecule has 0 radical (unpaired) electrons. The number of aryl methyl sites for hydroxylation is 1. The first-order valence-electron chi connectivity index (χ1n) is 15.4. The summed E-state index contributed by atoms with van der Waals surface area (Å²) in [6.07, 6.45) is 6.69. The lowest BCUT2D eigenvalue weighted by Gasteiger charge is -2.16. The van der Waals surface area contributed by atoms with Gasteiger partial charge in [0.05, 0.1) is 16.7 Å². The van der Waals surface area contributed by atoms with Gasteiger partial charge in [-0.1, -0.05) is 115 Å². The molecule has 0 amide bonds. The maximum Gasteiger partial charge on any atom is 0.164 e. The van der Waals surface area contributed by atoms with Gasteiger partial charge < -0.3 is 4.57 Å². The van der Waals surface area contributed by atoms with E-state index in [2.05, 4.69) is 89.5 Å². The molecule has 0 fully saturated rings. The highest BCUT2D eigenvalue weighted by Gasteiger charge is 2.19. The van der Waals surface area contributed by atoms with Crippen molar-refractivity contribution in [1.82, 2.24) is 19.5 Å². The minimum Gasteiger partial charge on any atom is -0.309 e. The molecule has 0 saturated heterocycles. The van der Waals surface area contributed by atoms with Crippen molar-refractivity contribution in [1.29, 1.82) is 0 Å². The summed E-state index contributed by atoms with van der Waals surface area (Å²) in [6, 6.07) is 46.9. The maximum atomic E-state index is 5.07. The molecular weight excluding hydrogens is 548 g/mol. The molecule has 0 saturated carbocycles. The predicted octanol–water partition coefficient (Wildman–Crippen LogP) is 10.1. The van der Waals surface area contributed by atoms with Crippen LogP contribution in [0.1, 0.15) is 17.5 Å². The SMILES string of the molecule is C1=Cc2cc3c4ccccc4n(-c4cc(-c5nc(-c6ccccc6)nc(-c6ccccc6)n5)cc5ccccc45)c3cc2CC1. The van der Waals surface area contributed by atoms with E-state index in [1.165, 1.54) is 38.3 Å². The highest BCUT2D eigenvalue weighted by atomic mass is 15.0. The summed E-state index contributed by atoms with van der Waals surface area (Å²) in [5, 5.41) is 4.84. The van der Waals surface area contributed by atoms with Gasteiger partial charge in [0, 0.05) is 32.8 Å². The summed E-state index contributed by atoms with van der Waals surface area (Å²) in [6.45, 7) is 0. The molecule has 1 aliphatic carbocycles. The smallest absolute Gasteiger partial charge is 0.164 e. The molecular formula is C41H28N4. The molecule has 0 aliphatic heterocycles. The van der Waals surface area contributed by atoms with Crippen molar-refractivity contribution in [2.45, 2.75) is 12.8 Å². The minimum absolute atomic E-state index is 0.651. The fourth-order valence-electron chi connectivity index (χ4n) is 6.70. The molecule has 212 valence electrons. The number of aromatic nitrogens is 4. The Kier molecular flexibility index (Phi) is 5.91. The molecule has 2 heterocycles. The van der Waals surface area contributed by atoms with E-state index >= 15 is 0 Å². The van der Waals surface area contributed by atoms with Crippen LogP contribution in [0.3, 0.4) is 0 Å². The molecule has 4 nitrogen and oxygen atoms in total. The first-order chi connectivity index (χ1) is 22.3. The number of nitrogens with zero attached hydrogens (tertiary/aromatic N) is 4. The first kappa shape index (κ1) is 25.6. The third-order valence-electron chi connectivity index (χ3n) is 8.85. The van der Waals surface area contributed by atoms with E-state index in [9.17, 15) is 0 Å². The zero-order valence-electron chi connectivity index (χ0n) is 24.6. The average molecular weight is 577 g/mol. The zero-order chi connectivity index (χ0) is 29.7. The average Bonchev–Trinajstić information content (AvgIpc) is 3.43. The van der Waals surface area contributed by atoms with Crippen molar-refractivity contribution in [2.24, 2.45) is 0 Å². The second-order valence-electron chi connectivity index (χ2n) is 11.6. The first-order valence-corrected chi connectivity index (χ1v) is 15.4. The van der Waals surface area contributed by atoms with Crippen LogP contribution >= 0.6 is 0 Å². The molecule has 2 aromatic heterocycles. The minimum atomic E-state index is 0.651. The molecule has 1 aliphatic rings. The summed E-state index contributed by atoms with van der Waals surface area (Å²) < 4.78 is 2.44. The van der Waals surface area contributed by atoms with Crippen LogP contribution in [0.2, 0.25) is 0 Å². The zero-order valence-corrected chi connectivity index (χ0v) is 24.6. The van der Waals surface area contributed by atoms with Crippen molar-refractivity contribution < 1.29 is 0 Å². The summed E-state index contributed by atoms with van der Waals surface area (Å²) in [5.41, 5.74) is 9.11. The van der Waals surface area contributed by atoms with Gasteiger partial charge >= 0.3 is 0 Å². The van der Waals surface area contributed by atoms with E-state index in [-0.39, 0.29) is 0 Å². The molecule has 0 unspecified atom stereocenters. The van der Waals surface area contributed by atoms with Crippen LogP contribution in [0, 0.1) is 0 Å². The molecule has 0 bridgehead atoms. The van der Waals surface area contributed by atoms with Gasteiger partial charge in [-0.15, -0.1) is 0 Å². The molecule has 0 atom stereocenters. The van der Waals surface area contributed by atoms with E-state index in [0.29, 0.717) is 17.5 Å². The highest BCUT2D eigenvalue weighted by Crippen LogP contribution is 2.39. The normalized spacial score (nSPS) is 12.6. The van der Waals surface area contributed by atoms with Gasteiger partial charge in [-0.05, 0) is 59.7 Å². The number of para-hydroxylation sites is 1. The molecule has 45 heavy (non-hydrogen) atoms. The van der Waals surface area contributed by atoms with E-state index < -0.39 is 0 Å². The van der Waals surface area contributed by atoms with E-state index in [1.807, 2.05) is 60.7 Å². The summed E-state index contributed by atoms with van der Waals surface area (Å²) in [4.78, 5) is 15.1. The highest BCUT2D eigenvalue weighted by molar-refractivity contribution is 6.11. The number of rotatable bonds is 4. The lowest BCUT2D eigenvalue weighted by Crippen LogP contribution is -2.02. The second kappa shape index (κ2) is 10.4. The molecule has 9 rings (SSSR count). The Morgan fingerprint density at radius 1 is 0.489 bits per heavy atom. The third-order valence-corrected chi connectivity index (χ3v) is 8.85. The van der Waals surface area contributed by atoms with Gasteiger partial charge in [-0.2, -0.15) is 0 Å². The summed E-state index contributed by atoms with van der Waals surface area (Å²) >= 11 is 0. The lowest BCUT2D eigenvalue weighted by molar-refractivity contribution is 0.987. The van der Waals surface area contributed by atoms with Crippen LogP contribution < -0.4 is 0 Å². The fraction of sp³-hybridized carbons (Fsp3) is 0.0488. The van der Waals surface area contributed by atoms with Crippen LogP contribution in [0.4, 0.5) is 0 Å². The van der Waals surface area contributed by atoms with Gasteiger partial charge in [-0.25, -0.2) is 15.0 Å². The third kappa shape index (κ3) is 4.34. The standard InChI is InChI=1S/C41H28N4/c1-3-13-27(14-4-1)39-42-40(28-15-5-2-6-16-28)44-41(43-39)32-23-31-19-9-10-20-33(31)37(26-32)45-36-22-12-11-21-34(36)35-24-29-17-7-8-18-30(29)25-38(35)45/h1-7,9-17,19-26H,8,18H2. The van der Waals surface area contributed by atoms with Crippen molar-refractivity contribution in [3.8, 4) is 39.9 Å². The Balaban J connectivity index is 1.34. The number of hydrogen-bond donors (Lipinski definition) is 0.